The summed E-state index contributed by atoms with van der Waals surface area (Å²) in [7, 11) is 0. The highest BCUT2D eigenvalue weighted by Gasteiger charge is 2.37. The molecule has 2 atom stereocenters. The minimum Gasteiger partial charge on any atom is -0.356 e. The second kappa shape index (κ2) is 6.44. The first-order valence-electron chi connectivity index (χ1n) is 7.88. The maximum absolute atomic E-state index is 4.71. The van der Waals surface area contributed by atoms with E-state index in [1.807, 2.05) is 6.20 Å². The van der Waals surface area contributed by atoms with Crippen LogP contribution in [0.4, 0.5) is 5.82 Å². The van der Waals surface area contributed by atoms with E-state index in [0.29, 0.717) is 0 Å². The molecule has 1 N–H and O–H groups in total. The summed E-state index contributed by atoms with van der Waals surface area (Å²) in [4.78, 5) is 7.22. The number of pyridine rings is 1. The molecule has 1 aromatic heterocycles. The van der Waals surface area contributed by atoms with Crippen LogP contribution >= 0.6 is 15.9 Å². The Hall–Kier alpha value is -0.610. The van der Waals surface area contributed by atoms with Gasteiger partial charge in [-0.2, -0.15) is 0 Å². The third-order valence-corrected chi connectivity index (χ3v) is 5.11. The molecular formula is C16H24BrN3. The number of hydrogen-bond acceptors (Lipinski definition) is 3. The molecule has 20 heavy (non-hydrogen) atoms. The van der Waals surface area contributed by atoms with Gasteiger partial charge in [-0.3, -0.25) is 0 Å². The Bertz CT molecular complexity index is 451. The largest absolute Gasteiger partial charge is 0.356 e. The van der Waals surface area contributed by atoms with Crippen molar-refractivity contribution in [3.8, 4) is 0 Å². The van der Waals surface area contributed by atoms with E-state index in [-0.39, 0.29) is 0 Å². The van der Waals surface area contributed by atoms with Gasteiger partial charge in [0.1, 0.15) is 5.82 Å². The Morgan fingerprint density at radius 3 is 2.80 bits per heavy atom. The van der Waals surface area contributed by atoms with Crippen molar-refractivity contribution in [3.63, 3.8) is 0 Å². The molecule has 1 aromatic rings. The molecule has 1 aliphatic carbocycles. The Morgan fingerprint density at radius 1 is 1.35 bits per heavy atom. The number of anilines is 1. The van der Waals surface area contributed by atoms with Crippen LogP contribution in [0.15, 0.2) is 16.7 Å². The normalized spacial score (nSPS) is 25.2. The van der Waals surface area contributed by atoms with E-state index in [1.165, 1.54) is 50.2 Å². The molecule has 3 nitrogen and oxygen atoms in total. The number of rotatable bonds is 5. The van der Waals surface area contributed by atoms with Crippen molar-refractivity contribution in [3.05, 3.63) is 22.3 Å². The first kappa shape index (κ1) is 14.3. The number of nitrogens with one attached hydrogen (secondary N) is 1. The van der Waals surface area contributed by atoms with Gasteiger partial charge in [-0.15, -0.1) is 0 Å². The lowest BCUT2D eigenvalue weighted by Crippen LogP contribution is -2.25. The molecule has 0 radical (unpaired) electrons. The van der Waals surface area contributed by atoms with Crippen molar-refractivity contribution < 1.29 is 0 Å². The lowest BCUT2D eigenvalue weighted by atomic mass is 10.0. The van der Waals surface area contributed by atoms with Crippen molar-refractivity contribution in [2.45, 2.75) is 39.2 Å². The summed E-state index contributed by atoms with van der Waals surface area (Å²) < 4.78 is 1.08. The van der Waals surface area contributed by atoms with Gasteiger partial charge >= 0.3 is 0 Å². The summed E-state index contributed by atoms with van der Waals surface area (Å²) in [6, 6.07) is 2.22. The number of nitrogens with zero attached hydrogens (tertiary/aromatic N) is 2. The van der Waals surface area contributed by atoms with Gasteiger partial charge in [0.2, 0.25) is 0 Å². The van der Waals surface area contributed by atoms with E-state index in [2.05, 4.69) is 39.1 Å². The summed E-state index contributed by atoms with van der Waals surface area (Å²) in [6.45, 7) is 6.60. The van der Waals surface area contributed by atoms with Gasteiger partial charge in [-0.1, -0.05) is 13.3 Å². The molecule has 2 fully saturated rings. The second-order valence-electron chi connectivity index (χ2n) is 6.17. The molecular weight excluding hydrogens is 314 g/mol. The summed E-state index contributed by atoms with van der Waals surface area (Å²) >= 11 is 3.55. The maximum Gasteiger partial charge on any atom is 0.133 e. The number of hydrogen-bond donors (Lipinski definition) is 1. The smallest absolute Gasteiger partial charge is 0.133 e. The van der Waals surface area contributed by atoms with Crippen molar-refractivity contribution in [1.29, 1.82) is 0 Å². The molecule has 1 saturated carbocycles. The monoisotopic (exact) mass is 337 g/mol. The third kappa shape index (κ3) is 3.01. The van der Waals surface area contributed by atoms with Gasteiger partial charge < -0.3 is 10.2 Å². The van der Waals surface area contributed by atoms with Crippen LogP contribution in [0.1, 0.15) is 38.2 Å². The van der Waals surface area contributed by atoms with Crippen LogP contribution < -0.4 is 10.2 Å². The first-order chi connectivity index (χ1) is 9.78. The van der Waals surface area contributed by atoms with Crippen molar-refractivity contribution in [2.75, 3.05) is 24.5 Å². The fourth-order valence-electron chi connectivity index (χ4n) is 3.70. The summed E-state index contributed by atoms with van der Waals surface area (Å²) in [5, 5.41) is 3.51. The highest BCUT2D eigenvalue weighted by molar-refractivity contribution is 9.10. The highest BCUT2D eigenvalue weighted by atomic mass is 79.9. The Kier molecular flexibility index (Phi) is 4.61. The van der Waals surface area contributed by atoms with E-state index < -0.39 is 0 Å². The minimum absolute atomic E-state index is 0.914. The van der Waals surface area contributed by atoms with Gasteiger partial charge in [0, 0.05) is 35.9 Å². The van der Waals surface area contributed by atoms with E-state index in [9.17, 15) is 0 Å². The zero-order chi connectivity index (χ0) is 13.9. The number of halogens is 1. The topological polar surface area (TPSA) is 28.2 Å². The van der Waals surface area contributed by atoms with Crippen LogP contribution in [-0.2, 0) is 6.54 Å². The predicted octanol–water partition coefficient (Wildman–Crippen LogP) is 3.58. The quantitative estimate of drug-likeness (QED) is 0.832. The lowest BCUT2D eigenvalue weighted by Gasteiger charge is -2.22. The van der Waals surface area contributed by atoms with Gasteiger partial charge in [0.25, 0.3) is 0 Å². The second-order valence-corrected chi connectivity index (χ2v) is 7.08. The Labute approximate surface area is 130 Å². The zero-order valence-electron chi connectivity index (χ0n) is 12.2. The van der Waals surface area contributed by atoms with E-state index >= 15 is 0 Å². The summed E-state index contributed by atoms with van der Waals surface area (Å²) in [5.41, 5.74) is 1.33. The summed E-state index contributed by atoms with van der Waals surface area (Å²) in [5.74, 6) is 3.03. The van der Waals surface area contributed by atoms with Crippen LogP contribution in [0.3, 0.4) is 0 Å². The fraction of sp³-hybridized carbons (Fsp3) is 0.688. The van der Waals surface area contributed by atoms with Crippen LogP contribution in [0.2, 0.25) is 0 Å². The van der Waals surface area contributed by atoms with Gasteiger partial charge in [0.15, 0.2) is 0 Å². The number of aromatic nitrogens is 1. The van der Waals surface area contributed by atoms with Crippen LogP contribution in [0.25, 0.3) is 0 Å². The maximum atomic E-state index is 4.71. The number of fused-ring (bicyclic) bond motifs is 1. The zero-order valence-corrected chi connectivity index (χ0v) is 13.8. The first-order valence-corrected chi connectivity index (χ1v) is 8.67. The van der Waals surface area contributed by atoms with Gasteiger partial charge in [-0.25, -0.2) is 4.98 Å². The SMILES string of the molecule is CCCNCc1cc(Br)cnc1N1CC2CCCC2C1. The highest BCUT2D eigenvalue weighted by Crippen LogP contribution is 2.39. The minimum atomic E-state index is 0.914. The molecule has 3 rings (SSSR count). The molecule has 110 valence electrons. The van der Waals surface area contributed by atoms with Crippen molar-refractivity contribution >= 4 is 21.7 Å². The van der Waals surface area contributed by atoms with Gasteiger partial charge in [0.05, 0.1) is 0 Å². The lowest BCUT2D eigenvalue weighted by molar-refractivity contribution is 0.494. The standard InChI is InChI=1S/C16H24BrN3/c1-2-6-18-8-14-7-15(17)9-19-16(14)20-10-12-4-3-5-13(12)11-20/h7,9,12-13,18H,2-6,8,10-11H2,1H3. The Morgan fingerprint density at radius 2 is 2.10 bits per heavy atom. The molecule has 0 aromatic carbocycles. The van der Waals surface area contributed by atoms with E-state index in [4.69, 9.17) is 4.98 Å². The van der Waals surface area contributed by atoms with Crippen LogP contribution in [0, 0.1) is 11.8 Å². The van der Waals surface area contributed by atoms with E-state index in [1.54, 1.807) is 0 Å². The van der Waals surface area contributed by atoms with Gasteiger partial charge in [-0.05, 0) is 59.6 Å². The summed E-state index contributed by atoms with van der Waals surface area (Å²) in [6.07, 6.45) is 7.38. The molecule has 0 spiro atoms. The molecule has 2 aliphatic rings. The van der Waals surface area contributed by atoms with E-state index in [0.717, 1.165) is 29.4 Å². The average molecular weight is 338 g/mol. The van der Waals surface area contributed by atoms with Crippen molar-refractivity contribution in [2.24, 2.45) is 11.8 Å². The predicted molar refractivity (Wildman–Crippen MR) is 87.0 cm³/mol. The molecule has 0 bridgehead atoms. The molecule has 4 heteroatoms. The van der Waals surface area contributed by atoms with Crippen LogP contribution in [0.5, 0.6) is 0 Å². The fourth-order valence-corrected chi connectivity index (χ4v) is 4.08. The molecule has 1 saturated heterocycles. The average Bonchev–Trinajstić information content (AvgIpc) is 3.00. The molecule has 2 unspecified atom stereocenters. The Balaban J connectivity index is 1.74. The molecule has 2 heterocycles. The molecule has 0 amide bonds. The van der Waals surface area contributed by atoms with Crippen molar-refractivity contribution in [1.82, 2.24) is 10.3 Å². The molecule has 1 aliphatic heterocycles. The third-order valence-electron chi connectivity index (χ3n) is 4.68. The van der Waals surface area contributed by atoms with Crippen LogP contribution in [-0.4, -0.2) is 24.6 Å².